The number of hydrogen-bond acceptors (Lipinski definition) is 4. The van der Waals surface area contributed by atoms with Crippen molar-refractivity contribution >= 4 is 17.5 Å². The van der Waals surface area contributed by atoms with Gasteiger partial charge >= 0.3 is 0 Å². The van der Waals surface area contributed by atoms with Crippen molar-refractivity contribution in [1.82, 2.24) is 10.3 Å². The van der Waals surface area contributed by atoms with Crippen LogP contribution in [0.2, 0.25) is 0 Å². The Morgan fingerprint density at radius 3 is 2.56 bits per heavy atom. The molecular weight excluding hydrogens is 402 g/mol. The Kier molecular flexibility index (Phi) is 7.25. The van der Waals surface area contributed by atoms with Gasteiger partial charge in [-0.3, -0.25) is 14.6 Å². The van der Waals surface area contributed by atoms with E-state index >= 15 is 0 Å². The van der Waals surface area contributed by atoms with Crippen molar-refractivity contribution in [2.24, 2.45) is 0 Å². The van der Waals surface area contributed by atoms with Crippen LogP contribution >= 0.6 is 0 Å². The molecule has 1 heterocycles. The highest BCUT2D eigenvalue weighted by Crippen LogP contribution is 2.32. The molecule has 6 nitrogen and oxygen atoms in total. The summed E-state index contributed by atoms with van der Waals surface area (Å²) in [5, 5.41) is 5.71. The van der Waals surface area contributed by atoms with Gasteiger partial charge in [-0.2, -0.15) is 0 Å². The van der Waals surface area contributed by atoms with Crippen LogP contribution in [-0.2, 0) is 16.8 Å². The number of ether oxygens (including phenoxy) is 1. The number of carbonyl (C=O) groups excluding carboxylic acids is 2. The molecule has 0 bridgehead atoms. The molecule has 3 rings (SSSR count). The Hall–Kier alpha value is -3.67. The molecule has 32 heavy (non-hydrogen) atoms. The van der Waals surface area contributed by atoms with Crippen LogP contribution in [0, 0.1) is 6.92 Å². The molecule has 0 atom stereocenters. The summed E-state index contributed by atoms with van der Waals surface area (Å²) in [5.74, 6) is 0.265. The number of nitrogens with one attached hydrogen (secondary N) is 2. The molecule has 0 aliphatic rings. The highest BCUT2D eigenvalue weighted by atomic mass is 16.5. The molecule has 6 heteroatoms. The smallest absolute Gasteiger partial charge is 0.262 e. The maximum Gasteiger partial charge on any atom is 0.262 e. The van der Waals surface area contributed by atoms with Crippen LogP contribution in [0.15, 0.2) is 67.0 Å². The normalized spacial score (nSPS) is 11.0. The average molecular weight is 432 g/mol. The van der Waals surface area contributed by atoms with Crippen LogP contribution in [0.4, 0.5) is 5.69 Å². The number of nitrogens with zero attached hydrogens (tertiary/aromatic N) is 1. The van der Waals surface area contributed by atoms with E-state index in [2.05, 4.69) is 42.5 Å². The minimum absolute atomic E-state index is 0.0892. The summed E-state index contributed by atoms with van der Waals surface area (Å²) in [4.78, 5) is 28.6. The molecule has 1 aromatic heterocycles. The summed E-state index contributed by atoms with van der Waals surface area (Å²) in [6.07, 6.45) is 3.14. The van der Waals surface area contributed by atoms with Crippen LogP contribution in [0.1, 0.15) is 47.8 Å². The average Bonchev–Trinajstić information content (AvgIpc) is 2.77. The van der Waals surface area contributed by atoms with Gasteiger partial charge in [0.1, 0.15) is 5.75 Å². The van der Waals surface area contributed by atoms with Crippen molar-refractivity contribution in [3.63, 3.8) is 0 Å². The fraction of sp³-hybridized carbons (Fsp3) is 0.269. The van der Waals surface area contributed by atoms with Crippen molar-refractivity contribution in [2.75, 3.05) is 11.9 Å². The van der Waals surface area contributed by atoms with Gasteiger partial charge in [-0.05, 0) is 53.8 Å². The Labute approximate surface area is 189 Å². The summed E-state index contributed by atoms with van der Waals surface area (Å²) in [6, 6.07) is 16.8. The summed E-state index contributed by atoms with van der Waals surface area (Å²) in [7, 11) is 0. The molecule has 2 aromatic carbocycles. The molecular formula is C26H29N3O3. The van der Waals surface area contributed by atoms with E-state index in [1.807, 2.05) is 37.3 Å². The molecule has 0 saturated heterocycles. The second-order valence-corrected chi connectivity index (χ2v) is 8.71. The Morgan fingerprint density at radius 2 is 1.84 bits per heavy atom. The summed E-state index contributed by atoms with van der Waals surface area (Å²) in [6.45, 7) is 8.64. The number of amides is 2. The third-order valence-electron chi connectivity index (χ3n) is 4.89. The van der Waals surface area contributed by atoms with Crippen molar-refractivity contribution < 1.29 is 14.3 Å². The minimum Gasteiger partial charge on any atom is -0.483 e. The zero-order valence-corrected chi connectivity index (χ0v) is 18.9. The van der Waals surface area contributed by atoms with E-state index in [-0.39, 0.29) is 23.8 Å². The summed E-state index contributed by atoms with van der Waals surface area (Å²) < 4.78 is 5.84. The first-order valence-electron chi connectivity index (χ1n) is 10.5. The van der Waals surface area contributed by atoms with Gasteiger partial charge in [0.25, 0.3) is 11.8 Å². The summed E-state index contributed by atoms with van der Waals surface area (Å²) >= 11 is 0. The van der Waals surface area contributed by atoms with Crippen LogP contribution < -0.4 is 15.4 Å². The van der Waals surface area contributed by atoms with Crippen molar-refractivity contribution in [2.45, 2.75) is 39.7 Å². The fourth-order valence-electron chi connectivity index (χ4n) is 3.24. The quantitative estimate of drug-likeness (QED) is 0.571. The van der Waals surface area contributed by atoms with Gasteiger partial charge in [-0.15, -0.1) is 0 Å². The van der Waals surface area contributed by atoms with Crippen molar-refractivity contribution in [3.05, 3.63) is 89.2 Å². The number of carbonyl (C=O) groups is 2. The van der Waals surface area contributed by atoms with Crippen molar-refractivity contribution in [1.29, 1.82) is 0 Å². The second kappa shape index (κ2) is 10.1. The SMILES string of the molecule is Cc1ccc(OCC(=O)Nc2cccc(CNC(=O)c3cccnc3)c2)c(C(C)(C)C)c1. The largest absolute Gasteiger partial charge is 0.483 e. The fourth-order valence-corrected chi connectivity index (χ4v) is 3.24. The molecule has 0 fully saturated rings. The van der Waals surface area contributed by atoms with E-state index in [4.69, 9.17) is 4.74 Å². The molecule has 0 radical (unpaired) electrons. The topological polar surface area (TPSA) is 80.3 Å². The highest BCUT2D eigenvalue weighted by Gasteiger charge is 2.19. The minimum atomic E-state index is -0.248. The van der Waals surface area contributed by atoms with Gasteiger partial charge in [-0.1, -0.05) is 50.6 Å². The molecule has 0 aliphatic carbocycles. The standard InChI is InChI=1S/C26H29N3O3/c1-18-10-11-23(22(13-18)26(2,3)4)32-17-24(30)29-21-9-5-7-19(14-21)15-28-25(31)20-8-6-12-27-16-20/h5-14,16H,15,17H2,1-4H3,(H,28,31)(H,29,30). The number of rotatable bonds is 7. The maximum atomic E-state index is 12.5. The van der Waals surface area contributed by atoms with E-state index in [0.29, 0.717) is 23.5 Å². The molecule has 0 unspecified atom stereocenters. The maximum absolute atomic E-state index is 12.5. The summed E-state index contributed by atoms with van der Waals surface area (Å²) in [5.41, 5.74) is 4.14. The molecule has 0 saturated carbocycles. The van der Waals surface area contributed by atoms with Crippen molar-refractivity contribution in [3.8, 4) is 5.75 Å². The predicted octanol–water partition coefficient (Wildman–Crippen LogP) is 4.64. The van der Waals surface area contributed by atoms with Gasteiger partial charge in [0.2, 0.25) is 0 Å². The van der Waals surface area contributed by atoms with Gasteiger partial charge in [-0.25, -0.2) is 0 Å². The second-order valence-electron chi connectivity index (χ2n) is 8.71. The van der Waals surface area contributed by atoms with Crippen LogP contribution in [0.25, 0.3) is 0 Å². The van der Waals surface area contributed by atoms with E-state index in [0.717, 1.165) is 16.7 Å². The Bertz CT molecular complexity index is 1090. The molecule has 2 amide bonds. The molecule has 3 aromatic rings. The Morgan fingerprint density at radius 1 is 1.03 bits per heavy atom. The first kappa shape index (κ1) is 23.0. The lowest BCUT2D eigenvalue weighted by molar-refractivity contribution is -0.118. The number of anilines is 1. The van der Waals surface area contributed by atoms with Gasteiger partial charge in [0, 0.05) is 24.6 Å². The van der Waals surface area contributed by atoms with E-state index in [1.54, 1.807) is 24.4 Å². The van der Waals surface area contributed by atoms with Gasteiger partial charge < -0.3 is 15.4 Å². The molecule has 2 N–H and O–H groups in total. The monoisotopic (exact) mass is 431 g/mol. The highest BCUT2D eigenvalue weighted by molar-refractivity contribution is 5.94. The molecule has 166 valence electrons. The predicted molar refractivity (Wildman–Crippen MR) is 126 cm³/mol. The number of pyridine rings is 1. The number of aryl methyl sites for hydroxylation is 1. The number of benzene rings is 2. The van der Waals surface area contributed by atoms with Crippen LogP contribution in [0.5, 0.6) is 5.75 Å². The molecule has 0 aliphatic heterocycles. The van der Waals surface area contributed by atoms with Crippen LogP contribution in [0.3, 0.4) is 0 Å². The van der Waals surface area contributed by atoms with E-state index < -0.39 is 0 Å². The van der Waals surface area contributed by atoms with E-state index in [9.17, 15) is 9.59 Å². The third-order valence-corrected chi connectivity index (χ3v) is 4.89. The number of aromatic nitrogens is 1. The van der Waals surface area contributed by atoms with E-state index in [1.165, 1.54) is 6.20 Å². The lowest BCUT2D eigenvalue weighted by atomic mass is 9.85. The van der Waals surface area contributed by atoms with Gasteiger partial charge in [0.05, 0.1) is 5.56 Å². The zero-order chi connectivity index (χ0) is 23.1. The zero-order valence-electron chi connectivity index (χ0n) is 18.9. The lowest BCUT2D eigenvalue weighted by Gasteiger charge is -2.23. The Balaban J connectivity index is 1.57. The lowest BCUT2D eigenvalue weighted by Crippen LogP contribution is -2.23. The molecule has 0 spiro atoms. The van der Waals surface area contributed by atoms with Gasteiger partial charge in [0.15, 0.2) is 6.61 Å². The third kappa shape index (κ3) is 6.41. The number of hydrogen-bond donors (Lipinski definition) is 2. The van der Waals surface area contributed by atoms with Crippen LogP contribution in [-0.4, -0.2) is 23.4 Å². The first-order valence-corrected chi connectivity index (χ1v) is 10.5. The first-order chi connectivity index (χ1) is 15.2.